The second-order valence-electron chi connectivity index (χ2n) is 5.88. The molecule has 1 fully saturated rings. The van der Waals surface area contributed by atoms with Crippen LogP contribution in [0.1, 0.15) is 37.7 Å². The molecule has 0 aliphatic heterocycles. The summed E-state index contributed by atoms with van der Waals surface area (Å²) in [6, 6.07) is 7.64. The lowest BCUT2D eigenvalue weighted by Crippen LogP contribution is -2.15. The smallest absolute Gasteiger partial charge is 0.224 e. The van der Waals surface area contributed by atoms with E-state index in [9.17, 15) is 9.00 Å². The predicted octanol–water partition coefficient (Wildman–Crippen LogP) is 3.10. The lowest BCUT2D eigenvalue weighted by Gasteiger charge is -2.10. The number of hydrogen-bond donors (Lipinski definition) is 1. The topological polar surface area (TPSA) is 55.4 Å². The van der Waals surface area contributed by atoms with E-state index in [2.05, 4.69) is 5.32 Å². The number of hydrogen-bond acceptors (Lipinski definition) is 3. The molecular formula is C17H25NO3S. The van der Waals surface area contributed by atoms with Gasteiger partial charge < -0.3 is 10.1 Å². The van der Waals surface area contributed by atoms with Gasteiger partial charge in [0.25, 0.3) is 0 Å². The van der Waals surface area contributed by atoms with E-state index in [1.165, 1.54) is 25.7 Å². The molecule has 1 aromatic rings. The van der Waals surface area contributed by atoms with E-state index in [0.717, 1.165) is 11.3 Å². The van der Waals surface area contributed by atoms with Gasteiger partial charge in [-0.3, -0.25) is 9.00 Å². The molecule has 122 valence electrons. The molecule has 1 aromatic carbocycles. The zero-order chi connectivity index (χ0) is 15.8. The fraction of sp³-hybridized carbons (Fsp3) is 0.588. The summed E-state index contributed by atoms with van der Waals surface area (Å²) in [6.45, 7) is 0.504. The number of anilines is 1. The van der Waals surface area contributed by atoms with Gasteiger partial charge >= 0.3 is 0 Å². The highest BCUT2D eigenvalue weighted by molar-refractivity contribution is 7.84. The quantitative estimate of drug-likeness (QED) is 0.800. The number of methoxy groups -OCH3 is 1. The molecule has 1 N–H and O–H groups in total. The van der Waals surface area contributed by atoms with Crippen LogP contribution in [0.4, 0.5) is 5.69 Å². The second kappa shape index (κ2) is 9.06. The Morgan fingerprint density at radius 3 is 2.86 bits per heavy atom. The third-order valence-corrected chi connectivity index (χ3v) is 5.28. The van der Waals surface area contributed by atoms with Crippen LogP contribution in [0.5, 0.6) is 0 Å². The first kappa shape index (κ1) is 17.2. The number of nitrogens with one attached hydrogen (secondary N) is 1. The van der Waals surface area contributed by atoms with Crippen LogP contribution in [0.15, 0.2) is 24.3 Å². The average Bonchev–Trinajstić information content (AvgIpc) is 2.98. The van der Waals surface area contributed by atoms with Crippen molar-refractivity contribution in [2.75, 3.05) is 24.8 Å². The fourth-order valence-electron chi connectivity index (χ4n) is 2.86. The van der Waals surface area contributed by atoms with Crippen molar-refractivity contribution in [2.45, 2.75) is 37.9 Å². The molecule has 0 bridgehead atoms. The van der Waals surface area contributed by atoms with E-state index < -0.39 is 10.8 Å². The Balaban J connectivity index is 1.84. The van der Waals surface area contributed by atoms with E-state index in [0.29, 0.717) is 30.5 Å². The molecule has 0 heterocycles. The van der Waals surface area contributed by atoms with Crippen molar-refractivity contribution in [3.63, 3.8) is 0 Å². The zero-order valence-corrected chi connectivity index (χ0v) is 14.0. The molecule has 2 rings (SSSR count). The maximum absolute atomic E-state index is 12.1. The van der Waals surface area contributed by atoms with Gasteiger partial charge in [0, 0.05) is 41.5 Å². The van der Waals surface area contributed by atoms with Crippen molar-refractivity contribution in [1.82, 2.24) is 0 Å². The van der Waals surface area contributed by atoms with Gasteiger partial charge in [0.15, 0.2) is 0 Å². The Morgan fingerprint density at radius 1 is 1.36 bits per heavy atom. The van der Waals surface area contributed by atoms with Gasteiger partial charge in [0.05, 0.1) is 6.61 Å². The molecule has 1 saturated carbocycles. The highest BCUT2D eigenvalue weighted by Gasteiger charge is 2.18. The third kappa shape index (κ3) is 5.89. The van der Waals surface area contributed by atoms with Crippen LogP contribution in [0.2, 0.25) is 0 Å². The van der Waals surface area contributed by atoms with Crippen molar-refractivity contribution >= 4 is 22.4 Å². The number of carbonyl (C=O) groups is 1. The molecule has 1 atom stereocenters. The maximum atomic E-state index is 12.1. The lowest BCUT2D eigenvalue weighted by molar-refractivity contribution is -0.117. The first-order valence-electron chi connectivity index (χ1n) is 7.90. The van der Waals surface area contributed by atoms with Crippen LogP contribution in [0.3, 0.4) is 0 Å². The molecule has 0 unspecified atom stereocenters. The minimum absolute atomic E-state index is 0.0876. The summed E-state index contributed by atoms with van der Waals surface area (Å²) in [5, 5.41) is 2.96. The third-order valence-electron chi connectivity index (χ3n) is 4.00. The Labute approximate surface area is 135 Å². The molecule has 1 aliphatic rings. The molecular weight excluding hydrogens is 298 g/mol. The summed E-state index contributed by atoms with van der Waals surface area (Å²) < 4.78 is 16.8. The molecule has 0 spiro atoms. The predicted molar refractivity (Wildman–Crippen MR) is 90.2 cm³/mol. The van der Waals surface area contributed by atoms with E-state index in [-0.39, 0.29) is 5.91 Å². The number of rotatable bonds is 8. The van der Waals surface area contributed by atoms with Gasteiger partial charge in [-0.25, -0.2) is 0 Å². The molecule has 0 radical (unpaired) electrons. The average molecular weight is 323 g/mol. The van der Waals surface area contributed by atoms with Crippen LogP contribution in [-0.4, -0.2) is 29.6 Å². The van der Waals surface area contributed by atoms with Gasteiger partial charge in [-0.1, -0.05) is 25.0 Å². The summed E-state index contributed by atoms with van der Waals surface area (Å²) in [6.07, 6.45) is 5.46. The van der Waals surface area contributed by atoms with Crippen LogP contribution < -0.4 is 5.32 Å². The van der Waals surface area contributed by atoms with E-state index in [4.69, 9.17) is 4.74 Å². The van der Waals surface area contributed by atoms with Gasteiger partial charge in [0.2, 0.25) is 5.91 Å². The zero-order valence-electron chi connectivity index (χ0n) is 13.2. The van der Waals surface area contributed by atoms with E-state index in [1.807, 2.05) is 24.3 Å². The Bertz CT molecular complexity index is 512. The van der Waals surface area contributed by atoms with Crippen molar-refractivity contribution in [2.24, 2.45) is 5.92 Å². The highest BCUT2D eigenvalue weighted by Crippen LogP contribution is 2.27. The minimum Gasteiger partial charge on any atom is -0.384 e. The van der Waals surface area contributed by atoms with Crippen LogP contribution >= 0.6 is 0 Å². The highest BCUT2D eigenvalue weighted by atomic mass is 32.2. The summed E-state index contributed by atoms with van der Waals surface area (Å²) in [5.74, 6) is 1.67. The van der Waals surface area contributed by atoms with Gasteiger partial charge in [0.1, 0.15) is 0 Å². The van der Waals surface area contributed by atoms with E-state index >= 15 is 0 Å². The Hall–Kier alpha value is -1.20. The summed E-state index contributed by atoms with van der Waals surface area (Å²) in [5.41, 5.74) is 1.78. The fourth-order valence-corrected chi connectivity index (χ4v) is 3.91. The van der Waals surface area contributed by atoms with Gasteiger partial charge in [-0.05, 0) is 36.5 Å². The molecule has 0 aromatic heterocycles. The minimum atomic E-state index is -0.933. The van der Waals surface area contributed by atoms with Crippen molar-refractivity contribution in [1.29, 1.82) is 0 Å². The van der Waals surface area contributed by atoms with Gasteiger partial charge in [-0.2, -0.15) is 0 Å². The van der Waals surface area contributed by atoms with E-state index in [1.54, 1.807) is 7.11 Å². The first-order valence-corrected chi connectivity index (χ1v) is 9.39. The largest absolute Gasteiger partial charge is 0.384 e. The normalized spacial score (nSPS) is 16.6. The van der Waals surface area contributed by atoms with Crippen molar-refractivity contribution in [3.8, 4) is 0 Å². The summed E-state index contributed by atoms with van der Waals surface area (Å²) in [7, 11) is 0.676. The second-order valence-corrected chi connectivity index (χ2v) is 7.46. The van der Waals surface area contributed by atoms with Crippen LogP contribution in [0.25, 0.3) is 0 Å². The molecule has 4 nitrogen and oxygen atoms in total. The lowest BCUT2D eigenvalue weighted by atomic mass is 10.0. The number of carbonyl (C=O) groups excluding carboxylic acids is 1. The maximum Gasteiger partial charge on any atom is 0.224 e. The Morgan fingerprint density at radius 2 is 2.14 bits per heavy atom. The summed E-state index contributed by atoms with van der Waals surface area (Å²) >= 11 is 0. The van der Waals surface area contributed by atoms with Gasteiger partial charge in [-0.15, -0.1) is 0 Å². The number of amides is 1. The number of benzene rings is 1. The first-order chi connectivity index (χ1) is 10.7. The SMILES string of the molecule is COCC[S@@](=O)Cc1cccc(NC(=O)CC2CCCC2)c1. The van der Waals surface area contributed by atoms with Crippen molar-refractivity contribution in [3.05, 3.63) is 29.8 Å². The molecule has 1 aliphatic carbocycles. The molecule has 22 heavy (non-hydrogen) atoms. The van der Waals surface area contributed by atoms with Crippen LogP contribution in [-0.2, 0) is 26.1 Å². The molecule has 5 heteroatoms. The standard InChI is InChI=1S/C17H25NO3S/c1-21-9-10-22(20)13-15-7-4-8-16(11-15)18-17(19)12-14-5-2-3-6-14/h4,7-8,11,14H,2-3,5-6,9-10,12-13H2,1H3,(H,18,19)/t22-/m1/s1. The molecule has 1 amide bonds. The van der Waals surface area contributed by atoms with Crippen LogP contribution in [0, 0.1) is 5.92 Å². The Kier molecular flexibility index (Phi) is 7.06. The monoisotopic (exact) mass is 323 g/mol. The molecule has 0 saturated heterocycles. The van der Waals surface area contributed by atoms with Crippen molar-refractivity contribution < 1.29 is 13.7 Å². The number of ether oxygens (including phenoxy) is 1. The summed E-state index contributed by atoms with van der Waals surface area (Å²) in [4.78, 5) is 12.1.